The summed E-state index contributed by atoms with van der Waals surface area (Å²) in [4.78, 5) is 2.57. The molecule has 112 valence electrons. The van der Waals surface area contributed by atoms with E-state index in [0.29, 0.717) is 6.54 Å². The Balaban J connectivity index is 1.63. The van der Waals surface area contributed by atoms with Gasteiger partial charge in [0.05, 0.1) is 6.61 Å². The fourth-order valence-corrected chi connectivity index (χ4v) is 2.75. The van der Waals surface area contributed by atoms with Gasteiger partial charge < -0.3 is 15.4 Å². The van der Waals surface area contributed by atoms with Crippen molar-refractivity contribution in [2.45, 2.75) is 33.2 Å². The summed E-state index contributed by atoms with van der Waals surface area (Å²) in [5.74, 6) is 2.65. The van der Waals surface area contributed by atoms with Gasteiger partial charge in [0.15, 0.2) is 0 Å². The van der Waals surface area contributed by atoms with E-state index < -0.39 is 0 Å². The number of hydrogen-bond donors (Lipinski definition) is 1. The third-order valence-electron chi connectivity index (χ3n) is 4.46. The Morgan fingerprint density at radius 3 is 2.60 bits per heavy atom. The lowest BCUT2D eigenvalue weighted by Gasteiger charge is -2.35. The Morgan fingerprint density at radius 1 is 1.20 bits per heavy atom. The summed E-state index contributed by atoms with van der Waals surface area (Å²) >= 11 is 0. The van der Waals surface area contributed by atoms with E-state index in [0.717, 1.165) is 42.7 Å². The summed E-state index contributed by atoms with van der Waals surface area (Å²) in [5, 5.41) is 0. The van der Waals surface area contributed by atoms with Crippen LogP contribution in [-0.4, -0.2) is 31.1 Å². The van der Waals surface area contributed by atoms with Crippen molar-refractivity contribution in [3.63, 3.8) is 0 Å². The van der Waals surface area contributed by atoms with Gasteiger partial charge in [0, 0.05) is 19.6 Å². The van der Waals surface area contributed by atoms with E-state index in [-0.39, 0.29) is 0 Å². The molecule has 0 spiro atoms. The van der Waals surface area contributed by atoms with Gasteiger partial charge in [-0.05, 0) is 48.9 Å². The molecule has 0 aromatic heterocycles. The third-order valence-corrected chi connectivity index (χ3v) is 4.46. The topological polar surface area (TPSA) is 38.5 Å². The van der Waals surface area contributed by atoms with Crippen LogP contribution in [0.3, 0.4) is 0 Å². The fourth-order valence-electron chi connectivity index (χ4n) is 2.75. The van der Waals surface area contributed by atoms with E-state index in [2.05, 4.69) is 18.7 Å². The van der Waals surface area contributed by atoms with E-state index in [1.165, 1.54) is 19.5 Å². The van der Waals surface area contributed by atoms with Crippen LogP contribution in [0.2, 0.25) is 0 Å². The highest BCUT2D eigenvalue weighted by atomic mass is 16.5. The van der Waals surface area contributed by atoms with E-state index in [9.17, 15) is 0 Å². The molecule has 0 amide bonds. The van der Waals surface area contributed by atoms with Crippen LogP contribution in [0.1, 0.15) is 32.3 Å². The Morgan fingerprint density at radius 2 is 1.95 bits per heavy atom. The first-order chi connectivity index (χ1) is 9.69. The molecular formula is C17H28N2O. The summed E-state index contributed by atoms with van der Waals surface area (Å²) in [6.07, 6.45) is 2.43. The van der Waals surface area contributed by atoms with E-state index in [1.807, 2.05) is 24.3 Å². The highest BCUT2D eigenvalue weighted by Crippen LogP contribution is 2.22. The Labute approximate surface area is 123 Å². The van der Waals surface area contributed by atoms with Gasteiger partial charge in [-0.2, -0.15) is 0 Å². The molecule has 1 aliphatic heterocycles. The van der Waals surface area contributed by atoms with Gasteiger partial charge in [-0.3, -0.25) is 0 Å². The van der Waals surface area contributed by atoms with Crippen molar-refractivity contribution in [3.05, 3.63) is 29.8 Å². The number of nitrogens with two attached hydrogens (primary N) is 1. The third kappa shape index (κ3) is 4.50. The van der Waals surface area contributed by atoms with Crippen LogP contribution in [0.4, 0.5) is 0 Å². The monoisotopic (exact) mass is 276 g/mol. The zero-order chi connectivity index (χ0) is 14.4. The molecule has 20 heavy (non-hydrogen) atoms. The molecule has 2 unspecified atom stereocenters. The standard InChI is InChI=1S/C17H28N2O/c1-14-8-10-19(13-15(14)2)9-3-11-20-17-6-4-16(12-18)5-7-17/h4-7,14-15H,3,8-13,18H2,1-2H3. The summed E-state index contributed by atoms with van der Waals surface area (Å²) in [6.45, 7) is 9.76. The molecule has 2 N–H and O–H groups in total. The number of benzene rings is 1. The van der Waals surface area contributed by atoms with Crippen LogP contribution >= 0.6 is 0 Å². The molecule has 0 aliphatic carbocycles. The Hall–Kier alpha value is -1.06. The minimum atomic E-state index is 0.589. The van der Waals surface area contributed by atoms with Crippen LogP contribution in [0.25, 0.3) is 0 Å². The fraction of sp³-hybridized carbons (Fsp3) is 0.647. The number of likely N-dealkylation sites (tertiary alicyclic amines) is 1. The van der Waals surface area contributed by atoms with Crippen molar-refractivity contribution >= 4 is 0 Å². The number of hydrogen-bond acceptors (Lipinski definition) is 3. The molecule has 1 aromatic carbocycles. The first kappa shape index (κ1) is 15.3. The van der Waals surface area contributed by atoms with Gasteiger partial charge in [-0.15, -0.1) is 0 Å². The van der Waals surface area contributed by atoms with Crippen molar-refractivity contribution in [3.8, 4) is 5.75 Å². The first-order valence-corrected chi connectivity index (χ1v) is 7.83. The van der Waals surface area contributed by atoms with Crippen molar-refractivity contribution in [1.29, 1.82) is 0 Å². The molecule has 1 saturated heterocycles. The quantitative estimate of drug-likeness (QED) is 0.812. The SMILES string of the molecule is CC1CCN(CCCOc2ccc(CN)cc2)CC1C. The number of rotatable bonds is 6. The zero-order valence-corrected chi connectivity index (χ0v) is 12.8. The molecule has 1 aromatic rings. The van der Waals surface area contributed by atoms with Crippen LogP contribution in [0.15, 0.2) is 24.3 Å². The lowest BCUT2D eigenvalue weighted by Crippen LogP contribution is -2.39. The smallest absolute Gasteiger partial charge is 0.119 e. The highest BCUT2D eigenvalue weighted by molar-refractivity contribution is 5.26. The number of piperidine rings is 1. The maximum absolute atomic E-state index is 5.78. The van der Waals surface area contributed by atoms with Crippen molar-refractivity contribution in [1.82, 2.24) is 4.90 Å². The normalized spacial score (nSPS) is 23.8. The van der Waals surface area contributed by atoms with Gasteiger partial charge >= 0.3 is 0 Å². The second kappa shape index (κ2) is 7.65. The minimum Gasteiger partial charge on any atom is -0.494 e. The lowest BCUT2D eigenvalue weighted by atomic mass is 9.89. The molecule has 1 aliphatic rings. The number of ether oxygens (including phenoxy) is 1. The Bertz CT molecular complexity index is 390. The predicted molar refractivity (Wildman–Crippen MR) is 83.8 cm³/mol. The molecule has 0 radical (unpaired) electrons. The molecule has 0 saturated carbocycles. The molecule has 3 nitrogen and oxygen atoms in total. The van der Waals surface area contributed by atoms with E-state index in [4.69, 9.17) is 10.5 Å². The summed E-state index contributed by atoms with van der Waals surface area (Å²) in [5.41, 5.74) is 6.73. The van der Waals surface area contributed by atoms with Crippen LogP contribution in [-0.2, 0) is 6.54 Å². The maximum atomic E-state index is 5.78. The summed E-state index contributed by atoms with van der Waals surface area (Å²) < 4.78 is 5.78. The number of nitrogens with zero attached hydrogens (tertiary/aromatic N) is 1. The molecule has 1 fully saturated rings. The maximum Gasteiger partial charge on any atom is 0.119 e. The second-order valence-corrected chi connectivity index (χ2v) is 6.09. The zero-order valence-electron chi connectivity index (χ0n) is 12.8. The molecule has 2 atom stereocenters. The van der Waals surface area contributed by atoms with Gasteiger partial charge in [0.25, 0.3) is 0 Å². The van der Waals surface area contributed by atoms with E-state index >= 15 is 0 Å². The predicted octanol–water partition coefficient (Wildman–Crippen LogP) is 2.89. The van der Waals surface area contributed by atoms with Crippen LogP contribution in [0, 0.1) is 11.8 Å². The van der Waals surface area contributed by atoms with Gasteiger partial charge in [0.2, 0.25) is 0 Å². The average molecular weight is 276 g/mol. The van der Waals surface area contributed by atoms with Crippen molar-refractivity contribution < 1.29 is 4.74 Å². The lowest BCUT2D eigenvalue weighted by molar-refractivity contribution is 0.130. The summed E-state index contributed by atoms with van der Waals surface area (Å²) in [7, 11) is 0. The van der Waals surface area contributed by atoms with Gasteiger partial charge in [-0.25, -0.2) is 0 Å². The largest absolute Gasteiger partial charge is 0.494 e. The summed E-state index contributed by atoms with van der Waals surface area (Å²) in [6, 6.07) is 8.08. The first-order valence-electron chi connectivity index (χ1n) is 7.83. The highest BCUT2D eigenvalue weighted by Gasteiger charge is 2.21. The molecule has 3 heteroatoms. The molecule has 0 bridgehead atoms. The molecular weight excluding hydrogens is 248 g/mol. The average Bonchev–Trinajstić information content (AvgIpc) is 2.48. The molecule has 1 heterocycles. The van der Waals surface area contributed by atoms with Crippen LogP contribution < -0.4 is 10.5 Å². The second-order valence-electron chi connectivity index (χ2n) is 6.09. The Kier molecular flexibility index (Phi) is 5.86. The van der Waals surface area contributed by atoms with Gasteiger partial charge in [-0.1, -0.05) is 26.0 Å². The van der Waals surface area contributed by atoms with Crippen molar-refractivity contribution in [2.24, 2.45) is 17.6 Å². The van der Waals surface area contributed by atoms with Gasteiger partial charge in [0.1, 0.15) is 5.75 Å². The van der Waals surface area contributed by atoms with Crippen molar-refractivity contribution in [2.75, 3.05) is 26.2 Å². The van der Waals surface area contributed by atoms with Crippen LogP contribution in [0.5, 0.6) is 5.75 Å². The minimum absolute atomic E-state index is 0.589. The molecule has 2 rings (SSSR count). The van der Waals surface area contributed by atoms with E-state index in [1.54, 1.807) is 0 Å².